The molecule has 0 saturated carbocycles. The van der Waals surface area contributed by atoms with E-state index < -0.39 is 0 Å². The molecule has 0 heterocycles. The summed E-state index contributed by atoms with van der Waals surface area (Å²) in [6.07, 6.45) is 0. The highest BCUT2D eigenvalue weighted by atomic mass is 15.1. The van der Waals surface area contributed by atoms with Crippen molar-refractivity contribution in [3.05, 3.63) is 188 Å². The summed E-state index contributed by atoms with van der Waals surface area (Å²) in [5.41, 5.74) is 5.98. The smallest absolute Gasteiger partial charge is 0.0618 e. The molecule has 0 atom stereocenters. The van der Waals surface area contributed by atoms with Crippen LogP contribution in [0.4, 0.5) is 17.1 Å². The lowest BCUT2D eigenvalue weighted by Crippen LogP contribution is -2.11. The lowest BCUT2D eigenvalue weighted by molar-refractivity contribution is 1.32. The molecule has 10 aromatic carbocycles. The number of fused-ring (bicyclic) bond motifs is 7. The summed E-state index contributed by atoms with van der Waals surface area (Å²) in [6.45, 7) is 0. The van der Waals surface area contributed by atoms with Gasteiger partial charge in [-0.25, -0.2) is 0 Å². The molecule has 0 aliphatic carbocycles. The van der Waals surface area contributed by atoms with E-state index in [9.17, 15) is 0 Å². The Labute approximate surface area is 284 Å². The third-order valence-corrected chi connectivity index (χ3v) is 10.1. The molecule has 0 aliphatic rings. The Hall–Kier alpha value is -6.44. The third-order valence-electron chi connectivity index (χ3n) is 10.1. The van der Waals surface area contributed by atoms with Crippen LogP contribution in [0.1, 0.15) is 0 Å². The number of nitrogens with zero attached hydrogens (tertiary/aromatic N) is 1. The molecule has 0 bridgehead atoms. The summed E-state index contributed by atoms with van der Waals surface area (Å²) in [6, 6.07) is 68.9. The molecule has 1 nitrogen and oxygen atoms in total. The van der Waals surface area contributed by atoms with Crippen LogP contribution in [-0.4, -0.2) is 0 Å². The van der Waals surface area contributed by atoms with Gasteiger partial charge in [0.25, 0.3) is 0 Å². The maximum Gasteiger partial charge on any atom is 0.0618 e. The van der Waals surface area contributed by atoms with E-state index in [1.807, 2.05) is 0 Å². The van der Waals surface area contributed by atoms with Crippen molar-refractivity contribution in [1.29, 1.82) is 0 Å². The molecular formula is C48H31N. The van der Waals surface area contributed by atoms with Gasteiger partial charge in [-0.1, -0.05) is 152 Å². The summed E-state index contributed by atoms with van der Waals surface area (Å²) < 4.78 is 0. The molecular weight excluding hydrogens is 591 g/mol. The molecule has 0 amide bonds. The minimum Gasteiger partial charge on any atom is -0.309 e. The minimum absolute atomic E-state index is 1.13. The zero-order valence-electron chi connectivity index (χ0n) is 26.8. The minimum atomic E-state index is 1.13. The third kappa shape index (κ3) is 4.40. The second kappa shape index (κ2) is 11.1. The van der Waals surface area contributed by atoms with E-state index in [1.165, 1.54) is 81.4 Å². The second-order valence-corrected chi connectivity index (χ2v) is 12.9. The van der Waals surface area contributed by atoms with E-state index in [0.717, 1.165) is 11.4 Å². The first-order chi connectivity index (χ1) is 24.3. The van der Waals surface area contributed by atoms with Crippen LogP contribution in [0.3, 0.4) is 0 Å². The van der Waals surface area contributed by atoms with E-state index >= 15 is 0 Å². The van der Waals surface area contributed by atoms with E-state index in [2.05, 4.69) is 193 Å². The van der Waals surface area contributed by atoms with Crippen molar-refractivity contribution in [3.8, 4) is 11.1 Å². The van der Waals surface area contributed by atoms with Crippen molar-refractivity contribution in [2.45, 2.75) is 0 Å². The van der Waals surface area contributed by atoms with Crippen molar-refractivity contribution in [1.82, 2.24) is 0 Å². The largest absolute Gasteiger partial charge is 0.309 e. The molecule has 0 radical (unpaired) electrons. The first kappa shape index (κ1) is 27.7. The molecule has 0 aliphatic heterocycles. The lowest BCUT2D eigenvalue weighted by Gasteiger charge is -2.30. The van der Waals surface area contributed by atoms with Gasteiger partial charge >= 0.3 is 0 Å². The zero-order chi connectivity index (χ0) is 32.3. The predicted octanol–water partition coefficient (Wildman–Crippen LogP) is 13.7. The van der Waals surface area contributed by atoms with Gasteiger partial charge in [0.1, 0.15) is 0 Å². The van der Waals surface area contributed by atoms with Crippen molar-refractivity contribution in [2.75, 3.05) is 4.90 Å². The fourth-order valence-electron chi connectivity index (χ4n) is 7.94. The SMILES string of the molecule is c1ccc(N(c2ccc3ccccc3c2)c2c3ccccc3c(-c3cccc4c3ccc3cc5ccccc5cc34)c3ccccc23)cc1. The van der Waals surface area contributed by atoms with Gasteiger partial charge < -0.3 is 4.90 Å². The van der Waals surface area contributed by atoms with E-state index in [4.69, 9.17) is 0 Å². The maximum absolute atomic E-state index is 2.45. The number of anilines is 3. The quantitative estimate of drug-likeness (QED) is 0.140. The molecule has 1 heteroatoms. The molecule has 10 rings (SSSR count). The Morgan fingerprint density at radius 2 is 0.816 bits per heavy atom. The number of rotatable bonds is 4. The van der Waals surface area contributed by atoms with Crippen LogP contribution in [0.25, 0.3) is 75.8 Å². The average molecular weight is 622 g/mol. The topological polar surface area (TPSA) is 3.24 Å². The molecule has 0 spiro atoms. The standard InChI is InChI=1S/C48H31N/c1-2-17-37(18-3-1)49(38-27-25-32-13-4-5-15-34(32)30-38)48-44-21-10-8-19-42(44)47(43-20-9-11-22-45(43)48)41-24-12-23-39-40(41)28-26-36-29-33-14-6-7-16-35(33)31-46(36)39/h1-31H. The summed E-state index contributed by atoms with van der Waals surface area (Å²) in [5, 5.41) is 15.0. The summed E-state index contributed by atoms with van der Waals surface area (Å²) in [7, 11) is 0. The summed E-state index contributed by atoms with van der Waals surface area (Å²) in [4.78, 5) is 2.45. The fraction of sp³-hybridized carbons (Fsp3) is 0. The van der Waals surface area contributed by atoms with Crippen molar-refractivity contribution >= 4 is 81.7 Å². The molecule has 0 aromatic heterocycles. The fourth-order valence-corrected chi connectivity index (χ4v) is 7.94. The predicted molar refractivity (Wildman–Crippen MR) is 212 cm³/mol. The monoisotopic (exact) mass is 621 g/mol. The lowest BCUT2D eigenvalue weighted by atomic mass is 9.87. The number of hydrogen-bond donors (Lipinski definition) is 0. The Morgan fingerprint density at radius 1 is 0.265 bits per heavy atom. The van der Waals surface area contributed by atoms with Gasteiger partial charge in [-0.05, 0) is 101 Å². The van der Waals surface area contributed by atoms with Gasteiger partial charge in [-0.15, -0.1) is 0 Å². The van der Waals surface area contributed by atoms with Crippen LogP contribution in [0.2, 0.25) is 0 Å². The molecule has 10 aromatic rings. The Morgan fingerprint density at radius 3 is 1.53 bits per heavy atom. The van der Waals surface area contributed by atoms with Crippen LogP contribution in [0, 0.1) is 0 Å². The second-order valence-electron chi connectivity index (χ2n) is 12.9. The van der Waals surface area contributed by atoms with Gasteiger partial charge in [0.05, 0.1) is 5.69 Å². The summed E-state index contributed by atoms with van der Waals surface area (Å²) >= 11 is 0. The van der Waals surface area contributed by atoms with Crippen molar-refractivity contribution in [3.63, 3.8) is 0 Å². The molecule has 0 saturated heterocycles. The van der Waals surface area contributed by atoms with Crippen molar-refractivity contribution in [2.24, 2.45) is 0 Å². The molecule has 0 fully saturated rings. The molecule has 49 heavy (non-hydrogen) atoms. The van der Waals surface area contributed by atoms with Crippen LogP contribution in [0.5, 0.6) is 0 Å². The number of para-hydroxylation sites is 1. The number of benzene rings is 10. The van der Waals surface area contributed by atoms with Gasteiger partial charge in [0, 0.05) is 22.1 Å². The maximum atomic E-state index is 2.45. The van der Waals surface area contributed by atoms with Crippen LogP contribution >= 0.6 is 0 Å². The molecule has 228 valence electrons. The highest BCUT2D eigenvalue weighted by molar-refractivity contribution is 6.26. The van der Waals surface area contributed by atoms with Crippen LogP contribution in [0.15, 0.2) is 188 Å². The van der Waals surface area contributed by atoms with Gasteiger partial charge in [-0.2, -0.15) is 0 Å². The number of hydrogen-bond acceptors (Lipinski definition) is 1. The average Bonchev–Trinajstić information content (AvgIpc) is 3.17. The zero-order valence-corrected chi connectivity index (χ0v) is 26.8. The van der Waals surface area contributed by atoms with Crippen LogP contribution in [-0.2, 0) is 0 Å². The molecule has 0 unspecified atom stereocenters. The van der Waals surface area contributed by atoms with Gasteiger partial charge in [0.2, 0.25) is 0 Å². The first-order valence-corrected chi connectivity index (χ1v) is 16.9. The van der Waals surface area contributed by atoms with Gasteiger partial charge in [0.15, 0.2) is 0 Å². The van der Waals surface area contributed by atoms with Gasteiger partial charge in [-0.3, -0.25) is 0 Å². The van der Waals surface area contributed by atoms with E-state index in [-0.39, 0.29) is 0 Å². The Kier molecular flexibility index (Phi) is 6.25. The normalized spacial score (nSPS) is 11.7. The Bertz CT molecular complexity index is 2830. The van der Waals surface area contributed by atoms with E-state index in [0.29, 0.717) is 0 Å². The van der Waals surface area contributed by atoms with E-state index in [1.54, 1.807) is 0 Å². The first-order valence-electron chi connectivity index (χ1n) is 16.9. The molecule has 0 N–H and O–H groups in total. The summed E-state index contributed by atoms with van der Waals surface area (Å²) in [5.74, 6) is 0. The van der Waals surface area contributed by atoms with Crippen molar-refractivity contribution < 1.29 is 0 Å². The van der Waals surface area contributed by atoms with Crippen LogP contribution < -0.4 is 4.90 Å². The highest BCUT2D eigenvalue weighted by Gasteiger charge is 2.23. The Balaban J connectivity index is 1.30. The highest BCUT2D eigenvalue weighted by Crippen LogP contribution is 2.49.